The van der Waals surface area contributed by atoms with Crippen LogP contribution in [0.3, 0.4) is 0 Å². The molecule has 0 saturated heterocycles. The molecule has 1 aromatic carbocycles. The normalized spacial score (nSPS) is 12.9. The third kappa shape index (κ3) is 2.93. The summed E-state index contributed by atoms with van der Waals surface area (Å²) in [5, 5.41) is 0.216. The lowest BCUT2D eigenvalue weighted by molar-refractivity contribution is 0.608. The van der Waals surface area contributed by atoms with Crippen LogP contribution in [-0.2, 0) is 6.42 Å². The summed E-state index contributed by atoms with van der Waals surface area (Å²) in [6.45, 7) is 4.64. The highest BCUT2D eigenvalue weighted by Crippen LogP contribution is 2.27. The number of hydrogen-bond acceptors (Lipinski definition) is 1. The van der Waals surface area contributed by atoms with Crippen LogP contribution < -0.4 is 5.73 Å². The zero-order valence-corrected chi connectivity index (χ0v) is 9.94. The number of rotatable bonds is 4. The molecule has 1 aromatic rings. The largest absolute Gasteiger partial charge is 0.330 e. The Balaban J connectivity index is 3.05. The molecule has 2 N–H and O–H groups in total. The maximum atomic E-state index is 13.5. The number of nitrogens with two attached hydrogens (primary N) is 1. The molecule has 3 heteroatoms. The SMILES string of the molecule is CCc1cc(C(C)CCN)cc(Cl)c1F. The van der Waals surface area contributed by atoms with Gasteiger partial charge < -0.3 is 5.73 Å². The van der Waals surface area contributed by atoms with Gasteiger partial charge in [-0.3, -0.25) is 0 Å². The standard InChI is InChI=1S/C12H17ClFN/c1-3-9-6-10(8(2)4-5-15)7-11(13)12(9)14/h6-8H,3-5,15H2,1-2H3. The lowest BCUT2D eigenvalue weighted by Crippen LogP contribution is -2.05. The molecule has 0 amide bonds. The molecule has 0 bridgehead atoms. The number of benzene rings is 1. The van der Waals surface area contributed by atoms with E-state index < -0.39 is 0 Å². The summed E-state index contributed by atoms with van der Waals surface area (Å²) in [5.41, 5.74) is 7.25. The average molecular weight is 230 g/mol. The van der Waals surface area contributed by atoms with Crippen LogP contribution in [0.25, 0.3) is 0 Å². The lowest BCUT2D eigenvalue weighted by Gasteiger charge is -2.13. The fraction of sp³-hybridized carbons (Fsp3) is 0.500. The van der Waals surface area contributed by atoms with Gasteiger partial charge in [0.05, 0.1) is 5.02 Å². The van der Waals surface area contributed by atoms with Gasteiger partial charge in [-0.2, -0.15) is 0 Å². The van der Waals surface area contributed by atoms with Gasteiger partial charge in [-0.05, 0) is 42.5 Å². The second-order valence-electron chi connectivity index (χ2n) is 3.81. The topological polar surface area (TPSA) is 26.0 Å². The Bertz CT molecular complexity index is 339. The summed E-state index contributed by atoms with van der Waals surface area (Å²) >= 11 is 5.84. The monoisotopic (exact) mass is 229 g/mol. The second kappa shape index (κ2) is 5.47. The van der Waals surface area contributed by atoms with Gasteiger partial charge in [0.15, 0.2) is 0 Å². The fourth-order valence-electron chi connectivity index (χ4n) is 1.63. The Morgan fingerprint density at radius 3 is 2.67 bits per heavy atom. The molecule has 0 fully saturated rings. The third-order valence-corrected chi connectivity index (χ3v) is 2.95. The van der Waals surface area contributed by atoms with Gasteiger partial charge in [-0.1, -0.05) is 31.5 Å². The summed E-state index contributed by atoms with van der Waals surface area (Å²) in [6, 6.07) is 3.60. The van der Waals surface area contributed by atoms with E-state index in [1.54, 1.807) is 6.07 Å². The molecular formula is C12H17ClFN. The van der Waals surface area contributed by atoms with E-state index in [1.165, 1.54) is 0 Å². The van der Waals surface area contributed by atoms with Gasteiger partial charge >= 0.3 is 0 Å². The Morgan fingerprint density at radius 1 is 1.47 bits per heavy atom. The molecule has 0 aliphatic rings. The van der Waals surface area contributed by atoms with Crippen molar-refractivity contribution < 1.29 is 4.39 Å². The number of aryl methyl sites for hydroxylation is 1. The van der Waals surface area contributed by atoms with E-state index in [4.69, 9.17) is 17.3 Å². The van der Waals surface area contributed by atoms with E-state index in [9.17, 15) is 4.39 Å². The molecule has 84 valence electrons. The van der Waals surface area contributed by atoms with Gasteiger partial charge in [0, 0.05) is 0 Å². The van der Waals surface area contributed by atoms with Gasteiger partial charge in [0.2, 0.25) is 0 Å². The molecule has 1 atom stereocenters. The van der Waals surface area contributed by atoms with Crippen LogP contribution in [0.5, 0.6) is 0 Å². The molecular weight excluding hydrogens is 213 g/mol. The van der Waals surface area contributed by atoms with Crippen molar-refractivity contribution in [2.75, 3.05) is 6.54 Å². The summed E-state index contributed by atoms with van der Waals surface area (Å²) in [5.74, 6) is 0.0428. The van der Waals surface area contributed by atoms with E-state index >= 15 is 0 Å². The summed E-state index contributed by atoms with van der Waals surface area (Å²) in [6.07, 6.45) is 1.56. The first-order chi connectivity index (χ1) is 7.10. The smallest absolute Gasteiger partial charge is 0.144 e. The molecule has 0 saturated carbocycles. The average Bonchev–Trinajstić information content (AvgIpc) is 2.22. The van der Waals surface area contributed by atoms with Crippen LogP contribution in [0, 0.1) is 5.82 Å². The summed E-state index contributed by atoms with van der Waals surface area (Å²) in [4.78, 5) is 0. The van der Waals surface area contributed by atoms with Crippen molar-refractivity contribution in [3.05, 3.63) is 34.1 Å². The molecule has 1 unspecified atom stereocenters. The highest BCUT2D eigenvalue weighted by Gasteiger charge is 2.11. The summed E-state index contributed by atoms with van der Waals surface area (Å²) in [7, 11) is 0. The highest BCUT2D eigenvalue weighted by atomic mass is 35.5. The van der Waals surface area contributed by atoms with Crippen molar-refractivity contribution in [1.29, 1.82) is 0 Å². The second-order valence-corrected chi connectivity index (χ2v) is 4.21. The fourth-order valence-corrected chi connectivity index (χ4v) is 1.88. The van der Waals surface area contributed by atoms with Gasteiger partial charge in [-0.15, -0.1) is 0 Å². The van der Waals surface area contributed by atoms with Crippen molar-refractivity contribution in [3.8, 4) is 0 Å². The molecule has 0 radical (unpaired) electrons. The Morgan fingerprint density at radius 2 is 2.13 bits per heavy atom. The Kier molecular flexibility index (Phi) is 4.55. The van der Waals surface area contributed by atoms with Crippen LogP contribution in [0.4, 0.5) is 4.39 Å². The lowest BCUT2D eigenvalue weighted by atomic mass is 9.95. The van der Waals surface area contributed by atoms with E-state index in [2.05, 4.69) is 6.92 Å². The predicted molar refractivity (Wildman–Crippen MR) is 62.9 cm³/mol. The number of hydrogen-bond donors (Lipinski definition) is 1. The minimum Gasteiger partial charge on any atom is -0.330 e. The quantitative estimate of drug-likeness (QED) is 0.841. The molecule has 15 heavy (non-hydrogen) atoms. The highest BCUT2D eigenvalue weighted by molar-refractivity contribution is 6.30. The molecule has 0 heterocycles. The first-order valence-corrected chi connectivity index (χ1v) is 5.65. The van der Waals surface area contributed by atoms with E-state index in [0.717, 1.165) is 12.0 Å². The number of halogens is 2. The minimum absolute atomic E-state index is 0.216. The summed E-state index contributed by atoms with van der Waals surface area (Å²) < 4.78 is 13.5. The maximum absolute atomic E-state index is 13.5. The maximum Gasteiger partial charge on any atom is 0.144 e. The molecule has 1 nitrogen and oxygen atoms in total. The van der Waals surface area contributed by atoms with Crippen molar-refractivity contribution in [2.24, 2.45) is 5.73 Å². The zero-order chi connectivity index (χ0) is 11.4. The van der Waals surface area contributed by atoms with E-state index in [-0.39, 0.29) is 10.8 Å². The van der Waals surface area contributed by atoms with Gasteiger partial charge in [0.1, 0.15) is 5.82 Å². The van der Waals surface area contributed by atoms with E-state index in [1.807, 2.05) is 13.0 Å². The van der Waals surface area contributed by atoms with Crippen molar-refractivity contribution in [3.63, 3.8) is 0 Å². The molecule has 1 rings (SSSR count). The zero-order valence-electron chi connectivity index (χ0n) is 9.19. The first kappa shape index (κ1) is 12.5. The van der Waals surface area contributed by atoms with Crippen molar-refractivity contribution in [2.45, 2.75) is 32.6 Å². The molecule has 0 spiro atoms. The third-order valence-electron chi connectivity index (χ3n) is 2.68. The van der Waals surface area contributed by atoms with Crippen molar-refractivity contribution in [1.82, 2.24) is 0 Å². The van der Waals surface area contributed by atoms with Crippen molar-refractivity contribution >= 4 is 11.6 Å². The van der Waals surface area contributed by atoms with Gasteiger partial charge in [0.25, 0.3) is 0 Å². The van der Waals surface area contributed by atoms with Crippen LogP contribution in [0.15, 0.2) is 12.1 Å². The molecule has 0 aliphatic heterocycles. The predicted octanol–water partition coefficient (Wildman–Crippen LogP) is 3.49. The minimum atomic E-state index is -0.289. The van der Waals surface area contributed by atoms with Crippen LogP contribution in [0.1, 0.15) is 37.3 Å². The first-order valence-electron chi connectivity index (χ1n) is 5.28. The Labute approximate surface area is 95.4 Å². The van der Waals surface area contributed by atoms with Crippen LogP contribution in [-0.4, -0.2) is 6.54 Å². The van der Waals surface area contributed by atoms with Gasteiger partial charge in [-0.25, -0.2) is 4.39 Å². The Hall–Kier alpha value is -0.600. The molecule has 0 aromatic heterocycles. The van der Waals surface area contributed by atoms with Crippen LogP contribution in [0.2, 0.25) is 5.02 Å². The van der Waals surface area contributed by atoms with E-state index in [0.29, 0.717) is 24.4 Å². The van der Waals surface area contributed by atoms with Crippen LogP contribution >= 0.6 is 11.6 Å². The molecule has 0 aliphatic carbocycles.